The van der Waals surface area contributed by atoms with Crippen molar-refractivity contribution in [1.82, 2.24) is 5.16 Å². The van der Waals surface area contributed by atoms with Crippen molar-refractivity contribution in [3.05, 3.63) is 47.2 Å². The van der Waals surface area contributed by atoms with E-state index in [2.05, 4.69) is 10.5 Å². The minimum atomic E-state index is -3.62. The van der Waals surface area contributed by atoms with Gasteiger partial charge in [-0.15, -0.1) is 0 Å². The van der Waals surface area contributed by atoms with E-state index in [1.165, 1.54) is 13.0 Å². The van der Waals surface area contributed by atoms with E-state index in [1.54, 1.807) is 25.1 Å². The zero-order valence-corrected chi connectivity index (χ0v) is 13.5. The third-order valence-electron chi connectivity index (χ3n) is 3.23. The second-order valence-corrected chi connectivity index (χ2v) is 7.58. The number of anilines is 1. The lowest BCUT2D eigenvalue weighted by atomic mass is 10.2. The van der Waals surface area contributed by atoms with Gasteiger partial charge in [0.2, 0.25) is 11.8 Å². The first-order chi connectivity index (χ1) is 10.3. The highest BCUT2D eigenvalue weighted by atomic mass is 32.2. The maximum atomic E-state index is 12.3. The average molecular weight is 322 g/mol. The van der Waals surface area contributed by atoms with Crippen LogP contribution in [0.3, 0.4) is 0 Å². The maximum Gasteiger partial charge on any atom is 0.244 e. The number of hydrogen-bond donors (Lipinski definition) is 1. The van der Waals surface area contributed by atoms with Crippen LogP contribution in [0.5, 0.6) is 0 Å². The van der Waals surface area contributed by atoms with Crippen molar-refractivity contribution in [3.8, 4) is 0 Å². The third kappa shape index (κ3) is 3.94. The Bertz CT molecular complexity index is 780. The van der Waals surface area contributed by atoms with Gasteiger partial charge in [-0.1, -0.05) is 35.0 Å². The van der Waals surface area contributed by atoms with Gasteiger partial charge in [0.15, 0.2) is 9.84 Å². The van der Waals surface area contributed by atoms with Crippen LogP contribution in [0, 0.1) is 13.8 Å². The SMILES string of the molecule is Cc1cccc(CS(=O)(=O)C(C)C(=O)Nc2cc(C)no2)c1. The van der Waals surface area contributed by atoms with Crippen LogP contribution in [-0.2, 0) is 20.4 Å². The predicted octanol–water partition coefficient (Wildman–Crippen LogP) is 2.23. The fourth-order valence-corrected chi connectivity index (χ4v) is 3.25. The molecule has 22 heavy (non-hydrogen) atoms. The van der Waals surface area contributed by atoms with Crippen LogP contribution >= 0.6 is 0 Å². The maximum absolute atomic E-state index is 12.3. The fourth-order valence-electron chi connectivity index (χ4n) is 1.97. The molecule has 0 radical (unpaired) electrons. The number of aromatic nitrogens is 1. The Balaban J connectivity index is 2.09. The highest BCUT2D eigenvalue weighted by Crippen LogP contribution is 2.15. The van der Waals surface area contributed by atoms with Crippen LogP contribution in [0.15, 0.2) is 34.9 Å². The number of amides is 1. The zero-order valence-electron chi connectivity index (χ0n) is 12.7. The lowest BCUT2D eigenvalue weighted by Gasteiger charge is -2.12. The molecule has 118 valence electrons. The molecule has 0 aliphatic carbocycles. The van der Waals surface area contributed by atoms with Gasteiger partial charge in [-0.05, 0) is 26.3 Å². The lowest BCUT2D eigenvalue weighted by molar-refractivity contribution is -0.115. The van der Waals surface area contributed by atoms with E-state index in [9.17, 15) is 13.2 Å². The van der Waals surface area contributed by atoms with E-state index in [0.717, 1.165) is 5.56 Å². The van der Waals surface area contributed by atoms with Gasteiger partial charge < -0.3 is 4.52 Å². The molecule has 0 spiro atoms. The summed E-state index contributed by atoms with van der Waals surface area (Å²) in [5, 5.41) is 4.87. The largest absolute Gasteiger partial charge is 0.338 e. The minimum absolute atomic E-state index is 0.139. The molecule has 0 aliphatic heterocycles. The Labute approximate surface area is 129 Å². The highest BCUT2D eigenvalue weighted by molar-refractivity contribution is 7.92. The summed E-state index contributed by atoms with van der Waals surface area (Å²) >= 11 is 0. The number of nitrogens with zero attached hydrogens (tertiary/aromatic N) is 1. The molecule has 1 N–H and O–H groups in total. The molecule has 0 aliphatic rings. The zero-order chi connectivity index (χ0) is 16.3. The molecule has 0 saturated carbocycles. The van der Waals surface area contributed by atoms with Crippen LogP contribution in [0.1, 0.15) is 23.7 Å². The summed E-state index contributed by atoms with van der Waals surface area (Å²) in [5.74, 6) is -0.678. The number of carbonyl (C=O) groups excluding carboxylic acids is 1. The van der Waals surface area contributed by atoms with E-state index in [0.29, 0.717) is 11.3 Å². The molecule has 2 aromatic rings. The van der Waals surface area contributed by atoms with Crippen molar-refractivity contribution in [2.45, 2.75) is 31.8 Å². The Hall–Kier alpha value is -2.15. The molecule has 1 amide bonds. The second-order valence-electron chi connectivity index (χ2n) is 5.26. The Morgan fingerprint density at radius 3 is 2.64 bits per heavy atom. The van der Waals surface area contributed by atoms with Gasteiger partial charge in [0.05, 0.1) is 11.4 Å². The monoisotopic (exact) mass is 322 g/mol. The summed E-state index contributed by atoms with van der Waals surface area (Å²) in [4.78, 5) is 12.0. The smallest absolute Gasteiger partial charge is 0.244 e. The summed E-state index contributed by atoms with van der Waals surface area (Å²) in [6.45, 7) is 4.96. The van der Waals surface area contributed by atoms with Crippen molar-refractivity contribution < 1.29 is 17.7 Å². The normalized spacial score (nSPS) is 12.9. The minimum Gasteiger partial charge on any atom is -0.338 e. The molecular weight excluding hydrogens is 304 g/mol. The molecule has 2 rings (SSSR count). The van der Waals surface area contributed by atoms with Crippen LogP contribution in [0.25, 0.3) is 0 Å². The van der Waals surface area contributed by atoms with E-state index in [4.69, 9.17) is 4.52 Å². The van der Waals surface area contributed by atoms with Crippen molar-refractivity contribution in [1.29, 1.82) is 0 Å². The summed E-state index contributed by atoms with van der Waals surface area (Å²) < 4.78 is 29.5. The van der Waals surface area contributed by atoms with E-state index >= 15 is 0 Å². The highest BCUT2D eigenvalue weighted by Gasteiger charge is 2.29. The number of sulfone groups is 1. The predicted molar refractivity (Wildman–Crippen MR) is 83.1 cm³/mol. The van der Waals surface area contributed by atoms with Gasteiger partial charge in [0.25, 0.3) is 0 Å². The summed E-state index contributed by atoms with van der Waals surface area (Å²) in [6.07, 6.45) is 0. The molecule has 1 atom stereocenters. The van der Waals surface area contributed by atoms with Gasteiger partial charge in [-0.2, -0.15) is 0 Å². The summed E-state index contributed by atoms with van der Waals surface area (Å²) in [5.41, 5.74) is 2.24. The van der Waals surface area contributed by atoms with Crippen LogP contribution in [0.2, 0.25) is 0 Å². The molecule has 1 heterocycles. The van der Waals surface area contributed by atoms with Crippen LogP contribution in [-0.4, -0.2) is 24.7 Å². The topological polar surface area (TPSA) is 89.3 Å². The lowest BCUT2D eigenvalue weighted by Crippen LogP contribution is -2.33. The van der Waals surface area contributed by atoms with E-state index in [-0.39, 0.29) is 11.6 Å². The number of nitrogens with one attached hydrogen (secondary N) is 1. The number of carbonyl (C=O) groups is 1. The van der Waals surface area contributed by atoms with Gasteiger partial charge in [0, 0.05) is 6.07 Å². The number of benzene rings is 1. The Kier molecular flexibility index (Phi) is 4.65. The third-order valence-corrected chi connectivity index (χ3v) is 5.26. The molecular formula is C15H18N2O4S. The number of hydrogen-bond acceptors (Lipinski definition) is 5. The standard InChI is InChI=1S/C15H18N2O4S/c1-10-5-4-6-13(7-10)9-22(19,20)12(3)15(18)16-14-8-11(2)17-21-14/h4-8,12H,9H2,1-3H3,(H,16,18). The fraction of sp³-hybridized carbons (Fsp3) is 0.333. The molecule has 1 unspecified atom stereocenters. The molecule has 7 heteroatoms. The molecule has 0 saturated heterocycles. The van der Waals surface area contributed by atoms with Gasteiger partial charge in [-0.25, -0.2) is 8.42 Å². The van der Waals surface area contributed by atoms with Crippen molar-refractivity contribution >= 4 is 21.6 Å². The van der Waals surface area contributed by atoms with Crippen molar-refractivity contribution in [2.75, 3.05) is 5.32 Å². The van der Waals surface area contributed by atoms with Crippen LogP contribution < -0.4 is 5.32 Å². The molecule has 6 nitrogen and oxygen atoms in total. The van der Waals surface area contributed by atoms with Crippen molar-refractivity contribution in [3.63, 3.8) is 0 Å². The van der Waals surface area contributed by atoms with Gasteiger partial charge >= 0.3 is 0 Å². The first-order valence-electron chi connectivity index (χ1n) is 6.79. The molecule has 1 aromatic carbocycles. The number of rotatable bonds is 5. The quantitative estimate of drug-likeness (QED) is 0.912. The van der Waals surface area contributed by atoms with Gasteiger partial charge in [-0.3, -0.25) is 10.1 Å². The first kappa shape index (κ1) is 16.2. The van der Waals surface area contributed by atoms with Gasteiger partial charge in [0.1, 0.15) is 5.25 Å². The molecule has 0 fully saturated rings. The first-order valence-corrected chi connectivity index (χ1v) is 8.51. The van der Waals surface area contributed by atoms with Crippen LogP contribution in [0.4, 0.5) is 5.88 Å². The van der Waals surface area contributed by atoms with Crippen molar-refractivity contribution in [2.24, 2.45) is 0 Å². The van der Waals surface area contributed by atoms with E-state index < -0.39 is 21.0 Å². The Morgan fingerprint density at radius 2 is 2.05 bits per heavy atom. The number of aryl methyl sites for hydroxylation is 2. The Morgan fingerprint density at radius 1 is 1.32 bits per heavy atom. The van der Waals surface area contributed by atoms with E-state index in [1.807, 2.05) is 13.0 Å². The summed E-state index contributed by atoms with van der Waals surface area (Å²) in [6, 6.07) is 8.73. The second kappa shape index (κ2) is 6.31. The summed E-state index contributed by atoms with van der Waals surface area (Å²) in [7, 11) is -3.62. The molecule has 0 bridgehead atoms. The molecule has 1 aromatic heterocycles. The average Bonchev–Trinajstić information content (AvgIpc) is 2.82.